The normalized spacial score (nSPS) is 41.7. The second kappa shape index (κ2) is 10.1. The summed E-state index contributed by atoms with van der Waals surface area (Å²) in [5.41, 5.74) is 1.45. The fraction of sp³-hybridized carbons (Fsp3) is 0.750. The molecule has 1 aromatic carbocycles. The van der Waals surface area contributed by atoms with Gasteiger partial charge in [0, 0.05) is 17.7 Å². The molecule has 0 bridgehead atoms. The summed E-state index contributed by atoms with van der Waals surface area (Å²) in [6, 6.07) is 7.13. The van der Waals surface area contributed by atoms with Crippen LogP contribution in [0.15, 0.2) is 24.3 Å². The molecule has 10 atom stereocenters. The molecule has 0 saturated heterocycles. The number of amides is 1. The van der Waals surface area contributed by atoms with Crippen molar-refractivity contribution in [1.29, 1.82) is 0 Å². The molecule has 0 spiro atoms. The van der Waals surface area contributed by atoms with Gasteiger partial charge < -0.3 is 15.5 Å². The van der Waals surface area contributed by atoms with Crippen LogP contribution in [0.3, 0.4) is 0 Å². The number of rotatable bonds is 6. The Morgan fingerprint density at radius 2 is 1.84 bits per heavy atom. The highest BCUT2D eigenvalue weighted by Crippen LogP contribution is 2.68. The first-order valence-electron chi connectivity index (χ1n) is 14.8. The average Bonchev–Trinajstić information content (AvgIpc) is 3.22. The van der Waals surface area contributed by atoms with Crippen molar-refractivity contribution in [3.8, 4) is 0 Å². The Hall–Kier alpha value is -1.72. The first-order chi connectivity index (χ1) is 17.5. The van der Waals surface area contributed by atoms with Crippen molar-refractivity contribution >= 4 is 17.4 Å². The number of benzene rings is 1. The molecule has 4 saturated carbocycles. The highest BCUT2D eigenvalue weighted by atomic mass is 16.3. The van der Waals surface area contributed by atoms with E-state index < -0.39 is 0 Å². The number of ketones is 1. The van der Waals surface area contributed by atoms with Gasteiger partial charge in [-0.1, -0.05) is 32.9 Å². The molecule has 3 N–H and O–H groups in total. The largest absolute Gasteiger partial charge is 0.393 e. The Morgan fingerprint density at radius 3 is 2.59 bits per heavy atom. The molecule has 5 nitrogen and oxygen atoms in total. The number of anilines is 1. The minimum atomic E-state index is -0.292. The number of Topliss-reactive ketones (excluding diaryl/α,β-unsaturated/α-hetero) is 1. The molecule has 37 heavy (non-hydrogen) atoms. The molecule has 0 radical (unpaired) electrons. The summed E-state index contributed by atoms with van der Waals surface area (Å²) >= 11 is 0. The van der Waals surface area contributed by atoms with E-state index in [1.165, 1.54) is 26.2 Å². The zero-order valence-electron chi connectivity index (χ0n) is 23.2. The SMILES string of the molecule is CC(=O)c1cccc(NC(=O)CCC(C)C2CCC3C4CCC5CC(O)CCC5(C)C4CC(O)C23C)c1. The number of aliphatic hydroxyl groups is 2. The minimum absolute atomic E-state index is 0.00871. The van der Waals surface area contributed by atoms with Gasteiger partial charge in [0.15, 0.2) is 5.78 Å². The van der Waals surface area contributed by atoms with Gasteiger partial charge in [0.25, 0.3) is 0 Å². The molecule has 4 aliphatic carbocycles. The van der Waals surface area contributed by atoms with Crippen LogP contribution in [-0.2, 0) is 4.79 Å². The first kappa shape index (κ1) is 26.9. The lowest BCUT2D eigenvalue weighted by molar-refractivity contribution is -0.174. The van der Waals surface area contributed by atoms with Crippen molar-refractivity contribution < 1.29 is 19.8 Å². The summed E-state index contributed by atoms with van der Waals surface area (Å²) in [5, 5.41) is 25.0. The molecule has 1 amide bonds. The predicted molar refractivity (Wildman–Crippen MR) is 146 cm³/mol. The van der Waals surface area contributed by atoms with Crippen LogP contribution in [0.2, 0.25) is 0 Å². The predicted octanol–water partition coefficient (Wildman–Crippen LogP) is 6.23. The Balaban J connectivity index is 1.23. The molecular formula is C32H47NO4. The lowest BCUT2D eigenvalue weighted by atomic mass is 9.43. The second-order valence-corrected chi connectivity index (χ2v) is 13.6. The van der Waals surface area contributed by atoms with Gasteiger partial charge in [-0.15, -0.1) is 0 Å². The van der Waals surface area contributed by atoms with Crippen molar-refractivity contribution in [2.24, 2.45) is 46.3 Å². The third-order valence-corrected chi connectivity index (χ3v) is 11.9. The van der Waals surface area contributed by atoms with Crippen LogP contribution in [0.1, 0.15) is 102 Å². The summed E-state index contributed by atoms with van der Waals surface area (Å²) in [5.74, 6) is 3.18. The van der Waals surface area contributed by atoms with Crippen molar-refractivity contribution in [2.45, 2.75) is 104 Å². The van der Waals surface area contributed by atoms with E-state index in [1.54, 1.807) is 18.2 Å². The van der Waals surface area contributed by atoms with E-state index in [9.17, 15) is 19.8 Å². The molecule has 1 aromatic rings. The standard InChI is InChI=1S/C32H47NO4/c1-19(8-13-30(37)33-23-7-5-6-21(16-23)20(2)34)26-11-12-27-25-10-9-22-17-24(35)14-15-31(22,3)28(25)18-29(36)32(26,27)4/h5-7,16,19,22,24-29,35-36H,8-15,17-18H2,1-4H3,(H,33,37). The smallest absolute Gasteiger partial charge is 0.224 e. The Morgan fingerprint density at radius 1 is 1.05 bits per heavy atom. The summed E-state index contributed by atoms with van der Waals surface area (Å²) in [4.78, 5) is 24.4. The van der Waals surface area contributed by atoms with Crippen LogP contribution in [-0.4, -0.2) is 34.1 Å². The van der Waals surface area contributed by atoms with Gasteiger partial charge in [-0.25, -0.2) is 0 Å². The summed E-state index contributed by atoms with van der Waals surface area (Å²) in [7, 11) is 0. The lowest BCUT2D eigenvalue weighted by Crippen LogP contribution is -2.58. The zero-order chi connectivity index (χ0) is 26.5. The van der Waals surface area contributed by atoms with Gasteiger partial charge in [-0.2, -0.15) is 0 Å². The molecular weight excluding hydrogens is 462 g/mol. The van der Waals surface area contributed by atoms with Crippen LogP contribution in [0.5, 0.6) is 0 Å². The van der Waals surface area contributed by atoms with Crippen molar-refractivity contribution in [1.82, 2.24) is 0 Å². The van der Waals surface area contributed by atoms with Crippen LogP contribution >= 0.6 is 0 Å². The van der Waals surface area contributed by atoms with Crippen LogP contribution in [0, 0.1) is 46.3 Å². The zero-order valence-corrected chi connectivity index (χ0v) is 23.2. The second-order valence-electron chi connectivity index (χ2n) is 13.6. The number of hydrogen-bond donors (Lipinski definition) is 3. The molecule has 4 fully saturated rings. The first-order valence-corrected chi connectivity index (χ1v) is 14.8. The molecule has 0 aromatic heterocycles. The lowest BCUT2D eigenvalue weighted by Gasteiger charge is -2.62. The molecule has 10 unspecified atom stereocenters. The van der Waals surface area contributed by atoms with Crippen molar-refractivity contribution in [3.05, 3.63) is 29.8 Å². The highest BCUT2D eigenvalue weighted by molar-refractivity contribution is 5.97. The van der Waals surface area contributed by atoms with E-state index in [-0.39, 0.29) is 34.7 Å². The van der Waals surface area contributed by atoms with Crippen LogP contribution in [0.4, 0.5) is 5.69 Å². The summed E-state index contributed by atoms with van der Waals surface area (Å²) in [6.45, 7) is 8.64. The molecule has 0 heterocycles. The van der Waals surface area contributed by atoms with E-state index in [0.717, 1.165) is 38.5 Å². The van der Waals surface area contributed by atoms with Gasteiger partial charge in [-0.05, 0) is 123 Å². The van der Waals surface area contributed by atoms with Crippen molar-refractivity contribution in [2.75, 3.05) is 5.32 Å². The maximum Gasteiger partial charge on any atom is 0.224 e. The molecule has 0 aliphatic heterocycles. The maximum atomic E-state index is 12.8. The quantitative estimate of drug-likeness (QED) is 0.397. The molecule has 5 heteroatoms. The molecule has 204 valence electrons. The van der Waals surface area contributed by atoms with Crippen LogP contribution < -0.4 is 5.32 Å². The van der Waals surface area contributed by atoms with Gasteiger partial charge in [-0.3, -0.25) is 9.59 Å². The van der Waals surface area contributed by atoms with E-state index in [1.807, 2.05) is 6.07 Å². The Labute approximate surface area is 222 Å². The minimum Gasteiger partial charge on any atom is -0.393 e. The fourth-order valence-corrected chi connectivity index (χ4v) is 9.76. The number of aliphatic hydroxyl groups excluding tert-OH is 2. The van der Waals surface area contributed by atoms with Crippen molar-refractivity contribution in [3.63, 3.8) is 0 Å². The number of carbonyl (C=O) groups excluding carboxylic acids is 2. The van der Waals surface area contributed by atoms with Gasteiger partial charge in [0.05, 0.1) is 12.2 Å². The molecule has 4 aliphatic rings. The Kier molecular flexibility index (Phi) is 7.34. The van der Waals surface area contributed by atoms with Gasteiger partial charge in [0.1, 0.15) is 0 Å². The fourth-order valence-electron chi connectivity index (χ4n) is 9.76. The van der Waals surface area contributed by atoms with Gasteiger partial charge >= 0.3 is 0 Å². The van der Waals surface area contributed by atoms with E-state index in [2.05, 4.69) is 26.1 Å². The van der Waals surface area contributed by atoms with Crippen LogP contribution in [0.25, 0.3) is 0 Å². The van der Waals surface area contributed by atoms with E-state index in [0.29, 0.717) is 53.2 Å². The highest BCUT2D eigenvalue weighted by Gasteiger charge is 2.63. The number of fused-ring (bicyclic) bond motifs is 5. The summed E-state index contributed by atoms with van der Waals surface area (Å²) < 4.78 is 0. The number of carbonyl (C=O) groups is 2. The maximum absolute atomic E-state index is 12.8. The third kappa shape index (κ3) is 4.69. The third-order valence-electron chi connectivity index (χ3n) is 11.9. The number of hydrogen-bond acceptors (Lipinski definition) is 4. The Bertz CT molecular complexity index is 1020. The van der Waals surface area contributed by atoms with Gasteiger partial charge in [0.2, 0.25) is 5.91 Å². The topological polar surface area (TPSA) is 86.6 Å². The number of nitrogens with one attached hydrogen (secondary N) is 1. The molecule has 5 rings (SSSR count). The van der Waals surface area contributed by atoms with E-state index in [4.69, 9.17) is 0 Å². The average molecular weight is 510 g/mol. The van der Waals surface area contributed by atoms with E-state index >= 15 is 0 Å². The summed E-state index contributed by atoms with van der Waals surface area (Å²) in [6.07, 6.45) is 9.48. The monoisotopic (exact) mass is 509 g/mol.